The fourth-order valence-corrected chi connectivity index (χ4v) is 8.91. The van der Waals surface area contributed by atoms with Gasteiger partial charge in [-0.05, 0) is 115 Å². The van der Waals surface area contributed by atoms with Gasteiger partial charge in [-0.3, -0.25) is 0 Å². The van der Waals surface area contributed by atoms with Crippen molar-refractivity contribution in [3.63, 3.8) is 0 Å². The molecule has 0 heteroatoms. The first-order chi connectivity index (χ1) is 25.8. The van der Waals surface area contributed by atoms with Gasteiger partial charge in [0.15, 0.2) is 0 Å². The van der Waals surface area contributed by atoms with E-state index in [-0.39, 0.29) is 0 Å². The Kier molecular flexibility index (Phi) is 6.35. The average molecular weight is 657 g/mol. The maximum atomic E-state index is 2.47. The first kappa shape index (κ1) is 29.0. The highest BCUT2D eigenvalue weighted by Crippen LogP contribution is 2.49. The van der Waals surface area contributed by atoms with Gasteiger partial charge < -0.3 is 0 Å². The lowest BCUT2D eigenvalue weighted by atomic mass is 9.81. The van der Waals surface area contributed by atoms with Crippen LogP contribution in [0.4, 0.5) is 0 Å². The summed E-state index contributed by atoms with van der Waals surface area (Å²) in [6, 6.07) is 71.9. The van der Waals surface area contributed by atoms with Gasteiger partial charge in [0.1, 0.15) is 0 Å². The van der Waals surface area contributed by atoms with E-state index < -0.39 is 0 Å². The van der Waals surface area contributed by atoms with Crippen molar-refractivity contribution in [3.05, 3.63) is 194 Å². The summed E-state index contributed by atoms with van der Waals surface area (Å²) in [6.07, 6.45) is 0. The van der Waals surface area contributed by atoms with Crippen molar-refractivity contribution in [2.75, 3.05) is 0 Å². The third kappa shape index (κ3) is 4.28. The second-order valence-electron chi connectivity index (χ2n) is 14.0. The van der Waals surface area contributed by atoms with E-state index >= 15 is 0 Å². The number of benzene rings is 11. The summed E-state index contributed by atoms with van der Waals surface area (Å²) in [6.45, 7) is 0. The fraction of sp³-hybridized carbons (Fsp3) is 0. The maximum Gasteiger partial charge on any atom is -0.00141 e. The van der Waals surface area contributed by atoms with Crippen molar-refractivity contribution in [1.29, 1.82) is 0 Å². The van der Waals surface area contributed by atoms with Gasteiger partial charge in [0, 0.05) is 0 Å². The molecule has 0 aromatic heterocycles. The van der Waals surface area contributed by atoms with Gasteiger partial charge >= 0.3 is 0 Å². The zero-order chi connectivity index (χ0) is 34.2. The fourth-order valence-electron chi connectivity index (χ4n) is 8.91. The topological polar surface area (TPSA) is 0 Å². The van der Waals surface area contributed by atoms with Crippen molar-refractivity contribution in [1.82, 2.24) is 0 Å². The van der Waals surface area contributed by atoms with Gasteiger partial charge in [-0.25, -0.2) is 0 Å². The smallest absolute Gasteiger partial charge is 0.00141 e. The molecule has 0 atom stereocenters. The molecule has 0 unspecified atom stereocenters. The second kappa shape index (κ2) is 11.4. The van der Waals surface area contributed by atoms with Crippen molar-refractivity contribution >= 4 is 64.6 Å². The first-order valence-electron chi connectivity index (χ1n) is 18.1. The van der Waals surface area contributed by atoms with Gasteiger partial charge in [0.2, 0.25) is 0 Å². The number of fused-ring (bicyclic) bond motifs is 3. The molecule has 0 saturated heterocycles. The van der Waals surface area contributed by atoms with Crippen LogP contribution in [0.25, 0.3) is 109 Å². The number of rotatable bonds is 4. The molecule has 0 amide bonds. The van der Waals surface area contributed by atoms with E-state index in [0.717, 1.165) is 0 Å². The molecule has 52 heavy (non-hydrogen) atoms. The molecule has 11 aromatic carbocycles. The maximum absolute atomic E-state index is 2.47. The third-order valence-electron chi connectivity index (χ3n) is 11.2. The van der Waals surface area contributed by atoms with Crippen LogP contribution in [0.1, 0.15) is 0 Å². The van der Waals surface area contributed by atoms with Gasteiger partial charge in [0.05, 0.1) is 0 Å². The Morgan fingerprint density at radius 3 is 1.10 bits per heavy atom. The quantitative estimate of drug-likeness (QED) is 0.165. The summed E-state index contributed by atoms with van der Waals surface area (Å²) in [4.78, 5) is 0. The molecule has 0 N–H and O–H groups in total. The van der Waals surface area contributed by atoms with Crippen LogP contribution in [0, 0.1) is 0 Å². The second-order valence-corrected chi connectivity index (χ2v) is 14.0. The zero-order valence-corrected chi connectivity index (χ0v) is 28.5. The van der Waals surface area contributed by atoms with Crippen LogP contribution in [-0.2, 0) is 0 Å². The van der Waals surface area contributed by atoms with E-state index in [0.29, 0.717) is 0 Å². The minimum atomic E-state index is 1.24. The van der Waals surface area contributed by atoms with E-state index in [2.05, 4.69) is 194 Å². The largest absolute Gasteiger partial charge is 0.0616 e. The van der Waals surface area contributed by atoms with Crippen molar-refractivity contribution in [3.8, 4) is 44.5 Å². The Hall–Kier alpha value is -6.76. The first-order valence-corrected chi connectivity index (χ1v) is 18.1. The van der Waals surface area contributed by atoms with Gasteiger partial charge in [-0.2, -0.15) is 0 Å². The van der Waals surface area contributed by atoms with Gasteiger partial charge in [-0.1, -0.05) is 188 Å². The van der Waals surface area contributed by atoms with Crippen molar-refractivity contribution in [2.24, 2.45) is 0 Å². The van der Waals surface area contributed by atoms with E-state index in [4.69, 9.17) is 0 Å². The SMILES string of the molecule is c1ccc(-c2cc(-c3cccc4ccccc34)c3ccc4ccc(-c5cccc6ccccc56)c5ccc2c3c45)c(-c2cccc3ccccc23)c1. The van der Waals surface area contributed by atoms with Crippen LogP contribution in [-0.4, -0.2) is 0 Å². The standard InChI is InChI=1S/C52H32/c1-4-18-37-33(12-1)15-9-23-40(37)43-21-7-8-22-44(43)50-32-49(42-25-11-17-35-14-3-6-20-39(35)42)47-29-27-36-26-28-45(46-30-31-48(50)52(47)51(36)46)41-24-10-16-34-13-2-5-19-38(34)41/h1-32H. The molecule has 0 aliphatic heterocycles. The summed E-state index contributed by atoms with van der Waals surface area (Å²) in [5.74, 6) is 0. The Morgan fingerprint density at radius 1 is 0.173 bits per heavy atom. The Morgan fingerprint density at radius 2 is 0.519 bits per heavy atom. The van der Waals surface area contributed by atoms with E-state index in [1.54, 1.807) is 0 Å². The van der Waals surface area contributed by atoms with Crippen LogP contribution in [0.5, 0.6) is 0 Å². The molecular formula is C52H32. The van der Waals surface area contributed by atoms with Gasteiger partial charge in [-0.15, -0.1) is 0 Å². The monoisotopic (exact) mass is 656 g/mol. The lowest BCUT2D eigenvalue weighted by Gasteiger charge is -2.21. The average Bonchev–Trinajstić information content (AvgIpc) is 3.22. The minimum absolute atomic E-state index is 1.24. The summed E-state index contributed by atoms with van der Waals surface area (Å²) in [5.41, 5.74) is 10.1. The third-order valence-corrected chi connectivity index (χ3v) is 11.2. The zero-order valence-electron chi connectivity index (χ0n) is 28.5. The molecule has 11 rings (SSSR count). The molecule has 0 spiro atoms. The van der Waals surface area contributed by atoms with Crippen LogP contribution in [0.2, 0.25) is 0 Å². The highest BCUT2D eigenvalue weighted by molar-refractivity contribution is 6.31. The Bertz CT molecular complexity index is 3160. The Balaban J connectivity index is 1.29. The molecule has 0 aliphatic carbocycles. The van der Waals surface area contributed by atoms with E-state index in [1.807, 2.05) is 0 Å². The lowest BCUT2D eigenvalue weighted by molar-refractivity contribution is 1.62. The molecular weight excluding hydrogens is 625 g/mol. The van der Waals surface area contributed by atoms with Crippen LogP contribution >= 0.6 is 0 Å². The number of hydrogen-bond acceptors (Lipinski definition) is 0. The molecule has 0 radical (unpaired) electrons. The summed E-state index contributed by atoms with van der Waals surface area (Å²) >= 11 is 0. The lowest BCUT2D eigenvalue weighted by Crippen LogP contribution is -1.94. The van der Waals surface area contributed by atoms with Crippen LogP contribution < -0.4 is 0 Å². The van der Waals surface area contributed by atoms with Crippen LogP contribution in [0.15, 0.2) is 194 Å². The summed E-state index contributed by atoms with van der Waals surface area (Å²) < 4.78 is 0. The molecule has 11 aromatic rings. The summed E-state index contributed by atoms with van der Waals surface area (Å²) in [5, 5.41) is 15.3. The molecule has 0 aliphatic rings. The van der Waals surface area contributed by atoms with Gasteiger partial charge in [0.25, 0.3) is 0 Å². The molecule has 0 saturated carbocycles. The van der Waals surface area contributed by atoms with Crippen molar-refractivity contribution in [2.45, 2.75) is 0 Å². The molecule has 240 valence electrons. The summed E-state index contributed by atoms with van der Waals surface area (Å²) in [7, 11) is 0. The molecule has 0 nitrogen and oxygen atoms in total. The predicted octanol–water partition coefficient (Wildman–Crippen LogP) is 14.7. The predicted molar refractivity (Wildman–Crippen MR) is 224 cm³/mol. The minimum Gasteiger partial charge on any atom is -0.0616 e. The molecule has 0 bridgehead atoms. The molecule has 0 fully saturated rings. The van der Waals surface area contributed by atoms with Crippen molar-refractivity contribution < 1.29 is 0 Å². The Labute approximate surface area is 302 Å². The van der Waals surface area contributed by atoms with E-state index in [9.17, 15) is 0 Å². The van der Waals surface area contributed by atoms with E-state index in [1.165, 1.54) is 109 Å². The highest BCUT2D eigenvalue weighted by atomic mass is 14.2. The highest BCUT2D eigenvalue weighted by Gasteiger charge is 2.21. The normalized spacial score (nSPS) is 11.8. The number of hydrogen-bond donors (Lipinski definition) is 0. The molecule has 0 heterocycles. The van der Waals surface area contributed by atoms with Crippen LogP contribution in [0.3, 0.4) is 0 Å².